The maximum Gasteiger partial charge on any atom is 0.214 e. The van der Waals surface area contributed by atoms with E-state index in [1.165, 1.54) is 17.1 Å². The zero-order valence-electron chi connectivity index (χ0n) is 10.6. The van der Waals surface area contributed by atoms with Crippen LogP contribution >= 0.6 is 0 Å². The molecule has 0 amide bonds. The average Bonchev–Trinajstić information content (AvgIpc) is 2.90. The van der Waals surface area contributed by atoms with Gasteiger partial charge in [0.25, 0.3) is 0 Å². The molecule has 1 aliphatic heterocycles. The molecule has 2 rings (SSSR count). The zero-order chi connectivity index (χ0) is 12.3. The monoisotopic (exact) mass is 261 g/mol. The van der Waals surface area contributed by atoms with Crippen LogP contribution < -0.4 is 0 Å². The van der Waals surface area contributed by atoms with Gasteiger partial charge in [-0.25, -0.2) is 12.7 Å². The molecule has 1 heterocycles. The molecule has 0 bridgehead atoms. The van der Waals surface area contributed by atoms with Gasteiger partial charge in [0.1, 0.15) is 0 Å². The van der Waals surface area contributed by atoms with E-state index in [4.69, 9.17) is 4.74 Å². The maximum atomic E-state index is 12.1. The Morgan fingerprint density at radius 2 is 1.88 bits per heavy atom. The number of nitrogens with zero attached hydrogens (tertiary/aromatic N) is 1. The molecule has 0 aromatic heterocycles. The van der Waals surface area contributed by atoms with Crippen molar-refractivity contribution in [3.05, 3.63) is 0 Å². The lowest BCUT2D eigenvalue weighted by Gasteiger charge is -2.22. The van der Waals surface area contributed by atoms with Gasteiger partial charge in [-0.15, -0.1) is 0 Å². The number of sulfonamides is 1. The van der Waals surface area contributed by atoms with Crippen LogP contribution in [-0.4, -0.2) is 44.8 Å². The first-order valence-electron chi connectivity index (χ1n) is 6.63. The quantitative estimate of drug-likeness (QED) is 0.755. The maximum absolute atomic E-state index is 12.1. The third-order valence-corrected chi connectivity index (χ3v) is 5.87. The van der Waals surface area contributed by atoms with E-state index in [-0.39, 0.29) is 6.10 Å². The number of ether oxygens (including phenoxy) is 1. The van der Waals surface area contributed by atoms with Crippen molar-refractivity contribution >= 4 is 10.0 Å². The molecule has 1 saturated carbocycles. The predicted molar refractivity (Wildman–Crippen MR) is 67.3 cm³/mol. The van der Waals surface area contributed by atoms with E-state index in [0.29, 0.717) is 18.2 Å². The second kappa shape index (κ2) is 5.67. The smallest absolute Gasteiger partial charge is 0.214 e. The van der Waals surface area contributed by atoms with Crippen molar-refractivity contribution in [2.45, 2.75) is 44.6 Å². The summed E-state index contributed by atoms with van der Waals surface area (Å²) in [5.41, 5.74) is 0. The van der Waals surface area contributed by atoms with Gasteiger partial charge < -0.3 is 4.74 Å². The largest absolute Gasteiger partial charge is 0.377 e. The summed E-state index contributed by atoms with van der Waals surface area (Å²) in [6.07, 6.45) is 6.69. The number of hydrogen-bond acceptors (Lipinski definition) is 3. The van der Waals surface area contributed by atoms with Crippen molar-refractivity contribution in [1.29, 1.82) is 0 Å². The minimum absolute atomic E-state index is 0.110. The van der Waals surface area contributed by atoms with E-state index in [0.717, 1.165) is 32.3 Å². The summed E-state index contributed by atoms with van der Waals surface area (Å²) in [7, 11) is -1.39. The van der Waals surface area contributed by atoms with Crippen molar-refractivity contribution < 1.29 is 13.2 Å². The minimum atomic E-state index is -3.08. The van der Waals surface area contributed by atoms with Crippen LogP contribution in [0, 0.1) is 5.92 Å². The topological polar surface area (TPSA) is 46.6 Å². The molecule has 17 heavy (non-hydrogen) atoms. The van der Waals surface area contributed by atoms with Gasteiger partial charge in [-0.3, -0.25) is 0 Å². The molecule has 4 nitrogen and oxygen atoms in total. The van der Waals surface area contributed by atoms with Crippen molar-refractivity contribution in [3.8, 4) is 0 Å². The minimum Gasteiger partial charge on any atom is -0.377 e. The summed E-state index contributed by atoms with van der Waals surface area (Å²) in [5.74, 6) is 0.711. The zero-order valence-corrected chi connectivity index (χ0v) is 11.4. The van der Waals surface area contributed by atoms with Gasteiger partial charge in [0.2, 0.25) is 10.0 Å². The molecule has 5 heteroatoms. The highest BCUT2D eigenvalue weighted by Gasteiger charge is 2.28. The summed E-state index contributed by atoms with van der Waals surface area (Å²) >= 11 is 0. The lowest BCUT2D eigenvalue weighted by Crippen LogP contribution is -2.37. The Bertz CT molecular complexity index is 330. The normalized spacial score (nSPS) is 27.1. The van der Waals surface area contributed by atoms with Crippen LogP contribution in [0.25, 0.3) is 0 Å². The van der Waals surface area contributed by atoms with Crippen LogP contribution in [0.5, 0.6) is 0 Å². The lowest BCUT2D eigenvalue weighted by atomic mass is 10.1. The highest BCUT2D eigenvalue weighted by molar-refractivity contribution is 7.89. The van der Waals surface area contributed by atoms with Crippen LogP contribution in [0.1, 0.15) is 38.5 Å². The Balaban J connectivity index is 1.84. The molecule has 0 spiro atoms. The van der Waals surface area contributed by atoms with Gasteiger partial charge in [0.15, 0.2) is 0 Å². The summed E-state index contributed by atoms with van der Waals surface area (Å²) in [6.45, 7) is 1.30. The molecular formula is C12H23NO3S. The second-order valence-corrected chi connectivity index (χ2v) is 7.47. The average molecular weight is 261 g/mol. The summed E-state index contributed by atoms with van der Waals surface area (Å²) in [4.78, 5) is 0. The van der Waals surface area contributed by atoms with Gasteiger partial charge >= 0.3 is 0 Å². The van der Waals surface area contributed by atoms with E-state index in [2.05, 4.69) is 0 Å². The lowest BCUT2D eigenvalue weighted by molar-refractivity contribution is 0.0978. The van der Waals surface area contributed by atoms with Crippen molar-refractivity contribution in [1.82, 2.24) is 4.31 Å². The van der Waals surface area contributed by atoms with E-state index >= 15 is 0 Å². The van der Waals surface area contributed by atoms with Crippen molar-refractivity contribution in [2.24, 2.45) is 5.92 Å². The Morgan fingerprint density at radius 1 is 1.18 bits per heavy atom. The van der Waals surface area contributed by atoms with Crippen molar-refractivity contribution in [2.75, 3.05) is 26.0 Å². The second-order valence-electron chi connectivity index (χ2n) is 5.34. The first-order chi connectivity index (χ1) is 8.08. The van der Waals surface area contributed by atoms with E-state index in [1.54, 1.807) is 7.05 Å². The molecule has 2 fully saturated rings. The van der Waals surface area contributed by atoms with Gasteiger partial charge in [-0.1, -0.05) is 12.8 Å². The number of likely N-dealkylation sites (N-methyl/N-ethyl adjacent to an activating group) is 1. The van der Waals surface area contributed by atoms with Gasteiger partial charge in [0.05, 0.1) is 11.9 Å². The fourth-order valence-electron chi connectivity index (χ4n) is 2.79. The van der Waals surface area contributed by atoms with Gasteiger partial charge in [-0.2, -0.15) is 0 Å². The number of rotatable bonds is 5. The van der Waals surface area contributed by atoms with E-state index in [1.807, 2.05) is 0 Å². The molecule has 0 aromatic carbocycles. The third kappa shape index (κ3) is 3.66. The Hall–Kier alpha value is -0.130. The SMILES string of the molecule is CN(CC1CCCO1)S(=O)(=O)CC1CCCC1. The van der Waals surface area contributed by atoms with Crippen molar-refractivity contribution in [3.63, 3.8) is 0 Å². The summed E-state index contributed by atoms with van der Waals surface area (Å²) < 4.78 is 31.3. The fourth-order valence-corrected chi connectivity index (χ4v) is 4.37. The molecular weight excluding hydrogens is 238 g/mol. The molecule has 1 atom stereocenters. The number of hydrogen-bond donors (Lipinski definition) is 0. The summed E-state index contributed by atoms with van der Waals surface area (Å²) in [5, 5.41) is 0. The highest BCUT2D eigenvalue weighted by Crippen LogP contribution is 2.27. The van der Waals surface area contributed by atoms with E-state index < -0.39 is 10.0 Å². The highest BCUT2D eigenvalue weighted by atomic mass is 32.2. The van der Waals surface area contributed by atoms with Crippen LogP contribution in [0.2, 0.25) is 0 Å². The standard InChI is InChI=1S/C12H23NO3S/c1-13(9-12-7-4-8-16-12)17(14,15)10-11-5-2-3-6-11/h11-12H,2-10H2,1H3. The Labute approximate surface area is 104 Å². The first-order valence-corrected chi connectivity index (χ1v) is 8.24. The Morgan fingerprint density at radius 3 is 2.47 bits per heavy atom. The summed E-state index contributed by atoms with van der Waals surface area (Å²) in [6, 6.07) is 0. The molecule has 0 aromatic rings. The molecule has 100 valence electrons. The Kier molecular flexibility index (Phi) is 4.44. The third-order valence-electron chi connectivity index (χ3n) is 3.88. The predicted octanol–water partition coefficient (Wildman–Crippen LogP) is 1.62. The molecule has 1 saturated heterocycles. The van der Waals surface area contributed by atoms with Crippen LogP contribution in [0.3, 0.4) is 0 Å². The molecule has 0 radical (unpaired) electrons. The molecule has 0 N–H and O–H groups in total. The van der Waals surface area contributed by atoms with E-state index in [9.17, 15) is 8.42 Å². The first kappa shape index (κ1) is 13.3. The molecule has 2 aliphatic rings. The van der Waals surface area contributed by atoms with Crippen LogP contribution in [0.4, 0.5) is 0 Å². The van der Waals surface area contributed by atoms with Gasteiger partial charge in [0, 0.05) is 20.2 Å². The molecule has 1 unspecified atom stereocenters. The fraction of sp³-hybridized carbons (Fsp3) is 1.00. The van der Waals surface area contributed by atoms with Gasteiger partial charge in [-0.05, 0) is 31.6 Å². The molecule has 1 aliphatic carbocycles. The van der Waals surface area contributed by atoms with Crippen LogP contribution in [-0.2, 0) is 14.8 Å². The van der Waals surface area contributed by atoms with Crippen LogP contribution in [0.15, 0.2) is 0 Å².